The maximum Gasteiger partial charge on any atom is 0.0432 e. The van der Waals surface area contributed by atoms with Crippen molar-refractivity contribution in [1.82, 2.24) is 5.32 Å². The summed E-state index contributed by atoms with van der Waals surface area (Å²) in [7, 11) is 0. The molecule has 0 aliphatic carbocycles. The van der Waals surface area contributed by atoms with Gasteiger partial charge in [-0.2, -0.15) is 0 Å². The molecule has 2 heteroatoms. The molecule has 1 saturated heterocycles. The van der Waals surface area contributed by atoms with E-state index in [2.05, 4.69) is 52.4 Å². The van der Waals surface area contributed by atoms with Gasteiger partial charge in [-0.05, 0) is 43.5 Å². The molecule has 76 valence electrons. The van der Waals surface area contributed by atoms with E-state index in [0.29, 0.717) is 0 Å². The van der Waals surface area contributed by atoms with Gasteiger partial charge in [0.1, 0.15) is 0 Å². The van der Waals surface area contributed by atoms with E-state index in [1.165, 1.54) is 29.3 Å². The number of benzene rings is 1. The normalized spacial score (nSPS) is 26.7. The molecule has 1 unspecified atom stereocenters. The van der Waals surface area contributed by atoms with Gasteiger partial charge in [0.15, 0.2) is 0 Å². The molecule has 0 radical (unpaired) electrons. The monoisotopic (exact) mass is 253 g/mol. The predicted octanol–water partition coefficient (Wildman–Crippen LogP) is 3.44. The lowest BCUT2D eigenvalue weighted by molar-refractivity contribution is 0.376. The number of hydrogen-bond donors (Lipinski definition) is 1. The van der Waals surface area contributed by atoms with Gasteiger partial charge in [-0.25, -0.2) is 0 Å². The first-order valence-corrected chi connectivity index (χ1v) is 6.07. The Kier molecular flexibility index (Phi) is 2.93. The highest BCUT2D eigenvalue weighted by atomic mass is 79.9. The van der Waals surface area contributed by atoms with E-state index in [1.54, 1.807) is 0 Å². The molecule has 1 N–H and O–H groups in total. The summed E-state index contributed by atoms with van der Waals surface area (Å²) in [5.74, 6) is 0. The van der Waals surface area contributed by atoms with Crippen LogP contribution in [0.4, 0.5) is 0 Å². The van der Waals surface area contributed by atoms with Gasteiger partial charge in [-0.1, -0.05) is 35.0 Å². The predicted molar refractivity (Wildman–Crippen MR) is 63.3 cm³/mol. The second-order valence-corrected chi connectivity index (χ2v) is 4.89. The van der Waals surface area contributed by atoms with Crippen molar-refractivity contribution in [2.24, 2.45) is 0 Å². The topological polar surface area (TPSA) is 12.0 Å². The minimum absolute atomic E-state index is 0.240. The van der Waals surface area contributed by atoms with Crippen molar-refractivity contribution < 1.29 is 0 Å². The van der Waals surface area contributed by atoms with Gasteiger partial charge < -0.3 is 5.32 Å². The Hall–Kier alpha value is -0.340. The highest BCUT2D eigenvalue weighted by molar-refractivity contribution is 9.10. The highest BCUT2D eigenvalue weighted by Crippen LogP contribution is 2.34. The summed E-state index contributed by atoms with van der Waals surface area (Å²) < 4.78 is 1.18. The summed E-state index contributed by atoms with van der Waals surface area (Å²) in [6.45, 7) is 3.42. The Bertz CT molecular complexity index is 316. The van der Waals surface area contributed by atoms with Gasteiger partial charge in [-0.15, -0.1) is 0 Å². The van der Waals surface area contributed by atoms with Crippen molar-refractivity contribution in [3.63, 3.8) is 0 Å². The van der Waals surface area contributed by atoms with Gasteiger partial charge in [0.2, 0.25) is 0 Å². The van der Waals surface area contributed by atoms with Crippen LogP contribution in [0.25, 0.3) is 0 Å². The molecular weight excluding hydrogens is 238 g/mol. The molecule has 2 rings (SSSR count). The zero-order chi connectivity index (χ0) is 10.0. The van der Waals surface area contributed by atoms with E-state index in [9.17, 15) is 0 Å². The average molecular weight is 254 g/mol. The van der Waals surface area contributed by atoms with Crippen LogP contribution in [0.3, 0.4) is 0 Å². The molecule has 1 nitrogen and oxygen atoms in total. The van der Waals surface area contributed by atoms with Gasteiger partial charge in [0, 0.05) is 10.0 Å². The fourth-order valence-electron chi connectivity index (χ4n) is 2.34. The first-order valence-electron chi connectivity index (χ1n) is 5.28. The minimum Gasteiger partial charge on any atom is -0.307 e. The molecule has 1 heterocycles. The largest absolute Gasteiger partial charge is 0.307 e. The Morgan fingerprint density at radius 1 is 1.50 bits per heavy atom. The third-order valence-corrected chi connectivity index (χ3v) is 3.72. The number of hydrogen-bond acceptors (Lipinski definition) is 1. The second-order valence-electron chi connectivity index (χ2n) is 3.98. The quantitative estimate of drug-likeness (QED) is 0.852. The van der Waals surface area contributed by atoms with Gasteiger partial charge in [-0.3, -0.25) is 0 Å². The number of halogens is 1. The molecule has 1 fully saturated rings. The first kappa shape index (κ1) is 10.2. The maximum absolute atomic E-state index is 3.64. The van der Waals surface area contributed by atoms with E-state index >= 15 is 0 Å². The summed E-state index contributed by atoms with van der Waals surface area (Å²) in [6.07, 6.45) is 3.73. The molecule has 1 atom stereocenters. The van der Waals surface area contributed by atoms with Crippen molar-refractivity contribution in [3.05, 3.63) is 34.3 Å². The van der Waals surface area contributed by atoms with Crippen molar-refractivity contribution in [2.45, 2.75) is 31.7 Å². The second kappa shape index (κ2) is 4.03. The zero-order valence-corrected chi connectivity index (χ0v) is 10.1. The minimum atomic E-state index is 0.240. The Labute approximate surface area is 94.0 Å². The van der Waals surface area contributed by atoms with Crippen LogP contribution in [0.15, 0.2) is 28.7 Å². The van der Waals surface area contributed by atoms with Crippen LogP contribution in [0.5, 0.6) is 0 Å². The van der Waals surface area contributed by atoms with E-state index in [4.69, 9.17) is 0 Å². The average Bonchev–Trinajstić information content (AvgIpc) is 2.67. The van der Waals surface area contributed by atoms with Crippen LogP contribution < -0.4 is 5.32 Å². The summed E-state index contributed by atoms with van der Waals surface area (Å²) in [5.41, 5.74) is 1.66. The third-order valence-electron chi connectivity index (χ3n) is 3.22. The Morgan fingerprint density at radius 3 is 2.93 bits per heavy atom. The van der Waals surface area contributed by atoms with E-state index in [-0.39, 0.29) is 5.54 Å². The SMILES string of the molecule is CCC1(c2cccc(Br)c2)CCCN1. The molecule has 1 aromatic carbocycles. The molecule has 14 heavy (non-hydrogen) atoms. The van der Waals surface area contributed by atoms with E-state index in [0.717, 1.165) is 6.54 Å². The van der Waals surface area contributed by atoms with Gasteiger partial charge in [0.05, 0.1) is 0 Å². The molecule has 0 spiro atoms. The molecule has 0 bridgehead atoms. The van der Waals surface area contributed by atoms with Crippen LogP contribution in [0.2, 0.25) is 0 Å². The first-order chi connectivity index (χ1) is 6.77. The van der Waals surface area contributed by atoms with Crippen LogP contribution in [-0.2, 0) is 5.54 Å². The highest BCUT2D eigenvalue weighted by Gasteiger charge is 2.33. The van der Waals surface area contributed by atoms with E-state index < -0.39 is 0 Å². The van der Waals surface area contributed by atoms with Crippen LogP contribution in [-0.4, -0.2) is 6.54 Å². The van der Waals surface area contributed by atoms with Crippen LogP contribution >= 0.6 is 15.9 Å². The fourth-order valence-corrected chi connectivity index (χ4v) is 2.74. The van der Waals surface area contributed by atoms with Crippen molar-refractivity contribution in [2.75, 3.05) is 6.54 Å². The summed E-state index contributed by atoms with van der Waals surface area (Å²) in [6, 6.07) is 8.67. The lowest BCUT2D eigenvalue weighted by Gasteiger charge is -2.29. The Balaban J connectivity index is 2.35. The maximum atomic E-state index is 3.64. The van der Waals surface area contributed by atoms with Crippen LogP contribution in [0, 0.1) is 0 Å². The summed E-state index contributed by atoms with van der Waals surface area (Å²) in [4.78, 5) is 0. The molecule has 1 aliphatic heterocycles. The smallest absolute Gasteiger partial charge is 0.0432 e. The fraction of sp³-hybridized carbons (Fsp3) is 0.500. The standard InChI is InChI=1S/C12H16BrN/c1-2-12(7-4-8-14-12)10-5-3-6-11(13)9-10/h3,5-6,9,14H,2,4,7-8H2,1H3. The molecule has 1 aromatic rings. The van der Waals surface area contributed by atoms with Gasteiger partial charge in [0.25, 0.3) is 0 Å². The summed E-state index contributed by atoms with van der Waals surface area (Å²) in [5, 5.41) is 3.64. The van der Waals surface area contributed by atoms with Crippen LogP contribution in [0.1, 0.15) is 31.7 Å². The number of rotatable bonds is 2. The number of nitrogens with one attached hydrogen (secondary N) is 1. The van der Waals surface area contributed by atoms with Crippen molar-refractivity contribution >= 4 is 15.9 Å². The third kappa shape index (κ3) is 1.73. The van der Waals surface area contributed by atoms with Crippen molar-refractivity contribution in [1.29, 1.82) is 0 Å². The lowest BCUT2D eigenvalue weighted by atomic mass is 9.86. The lowest BCUT2D eigenvalue weighted by Crippen LogP contribution is -2.35. The van der Waals surface area contributed by atoms with E-state index in [1.807, 2.05) is 0 Å². The Morgan fingerprint density at radius 2 is 2.36 bits per heavy atom. The molecular formula is C12H16BrN. The molecule has 0 saturated carbocycles. The van der Waals surface area contributed by atoms with Crippen molar-refractivity contribution in [3.8, 4) is 0 Å². The van der Waals surface area contributed by atoms with Gasteiger partial charge >= 0.3 is 0 Å². The summed E-state index contributed by atoms with van der Waals surface area (Å²) >= 11 is 3.53. The molecule has 1 aliphatic rings. The zero-order valence-electron chi connectivity index (χ0n) is 8.52. The molecule has 0 aromatic heterocycles. The molecule has 0 amide bonds.